The minimum atomic E-state index is -0.285. The molecule has 0 aromatic heterocycles. The molecule has 0 radical (unpaired) electrons. The molecule has 0 amide bonds. The first-order valence-corrected chi connectivity index (χ1v) is 22.8. The Bertz CT molecular complexity index is 761. The molecule has 0 aliphatic carbocycles. The summed E-state index contributed by atoms with van der Waals surface area (Å²) in [5.41, 5.74) is 0. The summed E-state index contributed by atoms with van der Waals surface area (Å²) >= 11 is 0. The molecule has 316 valence electrons. The molecule has 7 heteroatoms. The number of rotatable bonds is 42. The van der Waals surface area contributed by atoms with E-state index in [1.165, 1.54) is 116 Å². The topological polar surface area (TPSA) is 64.6 Å². The molecule has 0 rings (SSSR count). The second-order valence-corrected chi connectivity index (χ2v) is 14.9. The second kappa shape index (κ2) is 40.2. The number of ether oxygens (including phenoxy) is 7. The number of hydrogen-bond donors (Lipinski definition) is 0. The lowest BCUT2D eigenvalue weighted by molar-refractivity contribution is -0.160. The fraction of sp³-hybridized carbons (Fsp3) is 0.913. The Morgan fingerprint density at radius 2 is 0.623 bits per heavy atom. The van der Waals surface area contributed by atoms with Gasteiger partial charge in [-0.2, -0.15) is 0 Å². The summed E-state index contributed by atoms with van der Waals surface area (Å²) < 4.78 is 43.2. The van der Waals surface area contributed by atoms with Gasteiger partial charge in [-0.1, -0.05) is 157 Å². The molecule has 0 saturated carbocycles. The van der Waals surface area contributed by atoms with Crippen molar-refractivity contribution in [3.63, 3.8) is 0 Å². The minimum absolute atomic E-state index is 0.0961. The quantitative estimate of drug-likeness (QED) is 0.0349. The Balaban J connectivity index is 5.08. The molecule has 7 nitrogen and oxygen atoms in total. The molecule has 0 aromatic rings. The molecule has 0 aliphatic rings. The highest BCUT2D eigenvalue weighted by molar-refractivity contribution is 5.07. The number of unbranched alkanes of at least 4 members (excludes halogenated alkanes) is 18. The Hall–Kier alpha value is -1.44. The highest BCUT2D eigenvalue weighted by Gasteiger charge is 2.21. The first-order chi connectivity index (χ1) is 26.0. The minimum Gasteiger partial charge on any atom is -0.494 e. The maximum absolute atomic E-state index is 6.27. The maximum atomic E-state index is 6.27. The van der Waals surface area contributed by atoms with E-state index in [2.05, 4.69) is 41.5 Å². The Morgan fingerprint density at radius 3 is 0.925 bits per heavy atom. The van der Waals surface area contributed by atoms with Gasteiger partial charge in [0, 0.05) is 12.8 Å². The molecule has 0 heterocycles. The zero-order chi connectivity index (χ0) is 39.0. The highest BCUT2D eigenvalue weighted by atomic mass is 16.7. The first-order valence-electron chi connectivity index (χ1n) is 22.8. The molecule has 0 spiro atoms. The largest absolute Gasteiger partial charge is 0.494 e. The maximum Gasteiger partial charge on any atom is 0.162 e. The molecule has 0 saturated heterocycles. The van der Waals surface area contributed by atoms with Crippen molar-refractivity contribution in [1.82, 2.24) is 0 Å². The molecule has 0 bridgehead atoms. The van der Waals surface area contributed by atoms with Gasteiger partial charge in [0.1, 0.15) is 23.7 Å². The van der Waals surface area contributed by atoms with E-state index in [4.69, 9.17) is 33.2 Å². The summed E-state index contributed by atoms with van der Waals surface area (Å²) in [4.78, 5) is 0. The lowest BCUT2D eigenvalue weighted by atomic mass is 10.0. The third kappa shape index (κ3) is 30.5. The van der Waals surface area contributed by atoms with Crippen molar-refractivity contribution < 1.29 is 33.2 Å². The predicted molar refractivity (Wildman–Crippen MR) is 224 cm³/mol. The van der Waals surface area contributed by atoms with Crippen LogP contribution >= 0.6 is 0 Å². The van der Waals surface area contributed by atoms with E-state index in [0.717, 1.165) is 74.4 Å². The van der Waals surface area contributed by atoms with E-state index >= 15 is 0 Å². The molecular formula is C46H90O7. The zero-order valence-corrected chi connectivity index (χ0v) is 36.6. The Kier molecular flexibility index (Phi) is 39.1. The number of allylic oxidation sites excluding steroid dienone is 2. The van der Waals surface area contributed by atoms with Gasteiger partial charge in [0.05, 0.1) is 26.4 Å². The number of hydrogen-bond acceptors (Lipinski definition) is 7. The van der Waals surface area contributed by atoms with Gasteiger partial charge >= 0.3 is 0 Å². The van der Waals surface area contributed by atoms with Gasteiger partial charge in [0.25, 0.3) is 0 Å². The van der Waals surface area contributed by atoms with Gasteiger partial charge in [-0.3, -0.25) is 0 Å². The average molecular weight is 755 g/mol. The molecule has 2 unspecified atom stereocenters. The van der Waals surface area contributed by atoms with E-state index in [-0.39, 0.29) is 25.8 Å². The fourth-order valence-corrected chi connectivity index (χ4v) is 6.29. The van der Waals surface area contributed by atoms with Crippen LogP contribution in [0.2, 0.25) is 0 Å². The van der Waals surface area contributed by atoms with Crippen LogP contribution in [0.15, 0.2) is 23.0 Å². The first kappa shape index (κ1) is 51.6. The van der Waals surface area contributed by atoms with E-state index in [0.29, 0.717) is 26.4 Å². The fourth-order valence-electron chi connectivity index (χ4n) is 6.29. The average Bonchev–Trinajstić information content (AvgIpc) is 3.16. The Labute approximate surface area is 330 Å². The van der Waals surface area contributed by atoms with E-state index in [1.54, 1.807) is 0 Å². The lowest BCUT2D eigenvalue weighted by Crippen LogP contribution is -2.22. The standard InChI is InChI=1S/C46H90O7/c1-9-15-17-19-21-23-25-27-29-31-33-43(48-35-11-3)45(50-37-13-5)41(7)52-39-47-40-53-42(8)46(51-38-14-6)44(49-36-12-4)34-32-30-28-26-24-22-20-18-16-10-2/h41-42H,9-40H2,1-8H3. The van der Waals surface area contributed by atoms with E-state index in [1.807, 2.05) is 13.8 Å². The van der Waals surface area contributed by atoms with Crippen LogP contribution in [0, 0.1) is 0 Å². The van der Waals surface area contributed by atoms with Crippen LogP contribution in [0.4, 0.5) is 0 Å². The van der Waals surface area contributed by atoms with Crippen molar-refractivity contribution in [1.29, 1.82) is 0 Å². The third-order valence-electron chi connectivity index (χ3n) is 9.49. The Morgan fingerprint density at radius 1 is 0.340 bits per heavy atom. The van der Waals surface area contributed by atoms with Gasteiger partial charge in [-0.15, -0.1) is 0 Å². The van der Waals surface area contributed by atoms with Gasteiger partial charge < -0.3 is 33.2 Å². The van der Waals surface area contributed by atoms with Crippen LogP contribution in [0.1, 0.15) is 222 Å². The van der Waals surface area contributed by atoms with Gasteiger partial charge in [-0.25, -0.2) is 0 Å². The summed E-state index contributed by atoms with van der Waals surface area (Å²) in [5, 5.41) is 0. The van der Waals surface area contributed by atoms with Crippen LogP contribution in [0.3, 0.4) is 0 Å². The predicted octanol–water partition coefficient (Wildman–Crippen LogP) is 14.5. The van der Waals surface area contributed by atoms with Crippen molar-refractivity contribution in [2.24, 2.45) is 0 Å². The van der Waals surface area contributed by atoms with Crippen LogP contribution in [0.5, 0.6) is 0 Å². The molecule has 0 N–H and O–H groups in total. The van der Waals surface area contributed by atoms with Crippen LogP contribution < -0.4 is 0 Å². The van der Waals surface area contributed by atoms with Crippen LogP contribution in [-0.2, 0) is 33.2 Å². The van der Waals surface area contributed by atoms with Crippen molar-refractivity contribution >= 4 is 0 Å². The van der Waals surface area contributed by atoms with Gasteiger partial charge in [0.2, 0.25) is 0 Å². The van der Waals surface area contributed by atoms with Gasteiger partial charge in [-0.05, 0) is 52.4 Å². The molecule has 0 fully saturated rings. The smallest absolute Gasteiger partial charge is 0.162 e. The molecule has 0 aromatic carbocycles. The zero-order valence-electron chi connectivity index (χ0n) is 36.6. The van der Waals surface area contributed by atoms with Crippen LogP contribution in [0.25, 0.3) is 0 Å². The van der Waals surface area contributed by atoms with Crippen molar-refractivity contribution in [3.8, 4) is 0 Å². The van der Waals surface area contributed by atoms with E-state index < -0.39 is 0 Å². The van der Waals surface area contributed by atoms with Gasteiger partial charge in [0.15, 0.2) is 25.1 Å². The summed E-state index contributed by atoms with van der Waals surface area (Å²) in [6.45, 7) is 20.0. The van der Waals surface area contributed by atoms with Crippen LogP contribution in [-0.4, -0.2) is 52.2 Å². The second-order valence-electron chi connectivity index (χ2n) is 14.9. The third-order valence-corrected chi connectivity index (χ3v) is 9.49. The van der Waals surface area contributed by atoms with Crippen molar-refractivity contribution in [2.75, 3.05) is 40.0 Å². The summed E-state index contributed by atoms with van der Waals surface area (Å²) in [5.74, 6) is 3.47. The highest BCUT2D eigenvalue weighted by Crippen LogP contribution is 2.24. The van der Waals surface area contributed by atoms with Crippen molar-refractivity contribution in [2.45, 2.75) is 235 Å². The molecule has 53 heavy (non-hydrogen) atoms. The molecular weight excluding hydrogens is 664 g/mol. The molecule has 2 atom stereocenters. The summed E-state index contributed by atoms with van der Waals surface area (Å²) in [7, 11) is 0. The molecule has 0 aliphatic heterocycles. The monoisotopic (exact) mass is 755 g/mol. The normalized spacial score (nSPS) is 13.7. The van der Waals surface area contributed by atoms with Crippen molar-refractivity contribution in [3.05, 3.63) is 23.0 Å². The lowest BCUT2D eigenvalue weighted by Gasteiger charge is -2.23. The summed E-state index contributed by atoms with van der Waals surface area (Å²) in [6.07, 6.45) is 31.2. The van der Waals surface area contributed by atoms with E-state index in [9.17, 15) is 0 Å². The SMILES string of the molecule is CCCCCCCCCCCCC(OCCC)=C(OCCC)C(C)OCOCOC(C)C(OCCC)=C(CCCCCCCCCCCC)OCCC. The summed E-state index contributed by atoms with van der Waals surface area (Å²) in [6, 6.07) is 0.